The van der Waals surface area contributed by atoms with Crippen molar-refractivity contribution in [1.29, 1.82) is 0 Å². The number of fused-ring (bicyclic) bond motifs is 2. The van der Waals surface area contributed by atoms with Gasteiger partial charge in [0.15, 0.2) is 0 Å². The minimum Gasteiger partial charge on any atom is -0.497 e. The van der Waals surface area contributed by atoms with Gasteiger partial charge in [-0.15, -0.1) is 0 Å². The van der Waals surface area contributed by atoms with E-state index in [1.54, 1.807) is 13.3 Å². The number of amides is 1. The lowest BCUT2D eigenvalue weighted by atomic mass is 9.94. The molecule has 2 atom stereocenters. The van der Waals surface area contributed by atoms with E-state index in [1.807, 2.05) is 42.5 Å². The van der Waals surface area contributed by atoms with Crippen LogP contribution >= 0.6 is 0 Å². The predicted octanol–water partition coefficient (Wildman–Crippen LogP) is 5.09. The van der Waals surface area contributed by atoms with E-state index in [0.717, 1.165) is 46.0 Å². The van der Waals surface area contributed by atoms with Gasteiger partial charge in [-0.25, -0.2) is 4.39 Å². The van der Waals surface area contributed by atoms with Gasteiger partial charge in [-0.1, -0.05) is 13.0 Å². The highest BCUT2D eigenvalue weighted by atomic mass is 19.1. The number of nitrogens with one attached hydrogen (secondary N) is 3. The van der Waals surface area contributed by atoms with Crippen molar-refractivity contribution in [3.05, 3.63) is 71.4 Å². The number of piperidine rings is 1. The molecule has 196 valence electrons. The number of benzene rings is 2. The summed E-state index contributed by atoms with van der Waals surface area (Å²) in [5.41, 5.74) is 4.78. The molecule has 9 heteroatoms. The van der Waals surface area contributed by atoms with Crippen molar-refractivity contribution in [1.82, 2.24) is 30.6 Å². The Bertz CT molecular complexity index is 1570. The van der Waals surface area contributed by atoms with Crippen molar-refractivity contribution in [3.8, 4) is 11.3 Å². The zero-order chi connectivity index (χ0) is 26.2. The van der Waals surface area contributed by atoms with Crippen molar-refractivity contribution in [3.63, 3.8) is 0 Å². The van der Waals surface area contributed by atoms with Crippen LogP contribution in [0.4, 0.5) is 4.39 Å². The van der Waals surface area contributed by atoms with Gasteiger partial charge >= 0.3 is 0 Å². The molecule has 2 aliphatic rings. The summed E-state index contributed by atoms with van der Waals surface area (Å²) < 4.78 is 20.1. The number of hydrogen-bond acceptors (Lipinski definition) is 5. The second-order valence-electron chi connectivity index (χ2n) is 10.4. The first-order valence-electron chi connectivity index (χ1n) is 13.1. The smallest absolute Gasteiger partial charge is 0.251 e. The molecule has 1 fully saturated rings. The Hall–Kier alpha value is -3.98. The molecule has 1 amide bonds. The van der Waals surface area contributed by atoms with Crippen molar-refractivity contribution >= 4 is 27.7 Å². The maximum absolute atomic E-state index is 14.6. The molecule has 2 aromatic heterocycles. The lowest BCUT2D eigenvalue weighted by Crippen LogP contribution is -2.50. The monoisotopic (exact) mass is 514 g/mol. The van der Waals surface area contributed by atoms with Crippen LogP contribution in [0.1, 0.15) is 36.5 Å². The molecule has 0 spiro atoms. The maximum atomic E-state index is 14.6. The number of ether oxygens (including phenoxy) is 1. The molecule has 3 heterocycles. The van der Waals surface area contributed by atoms with Crippen LogP contribution in [0.2, 0.25) is 0 Å². The third-order valence-electron chi connectivity index (χ3n) is 7.53. The van der Waals surface area contributed by atoms with Crippen LogP contribution in [0.5, 0.6) is 0 Å². The highest BCUT2D eigenvalue weighted by Crippen LogP contribution is 2.30. The van der Waals surface area contributed by atoms with Crippen LogP contribution in [0.15, 0.2) is 65.8 Å². The third kappa shape index (κ3) is 4.69. The summed E-state index contributed by atoms with van der Waals surface area (Å²) in [6, 6.07) is 11.6. The summed E-state index contributed by atoms with van der Waals surface area (Å²) >= 11 is 0. The molecule has 1 saturated heterocycles. The second kappa shape index (κ2) is 10.1. The summed E-state index contributed by atoms with van der Waals surface area (Å²) in [5, 5.41) is 19.8. The normalized spacial score (nSPS) is 20.7. The number of methoxy groups -OCH3 is 1. The number of carbonyl (C=O) groups excluding carboxylic acids is 1. The number of hydrogen-bond donors (Lipinski definition) is 3. The standard InChI is InChI=1S/C29H31FN6O2/c1-17-10-21(15-36(14-17)16-23-24(30)4-3-5-27(23)38-2)32-29(37)19-7-9-26-22(12-19)28(35-34-26)18-6-8-25-20(11-18)13-31-33-25/h5-9,11-13,17,21H,3-4,10,14-16H2,1-2H3,(H,31,33)(H,32,37)(H,34,35). The SMILES string of the molecule is COC1=CCCC(F)=C1CN1CC(C)CC(NC(=O)c2ccc3[nH]nc(-c4ccc5[nH]ncc5c4)c3c2)C1. The molecule has 2 aromatic carbocycles. The van der Waals surface area contributed by atoms with E-state index < -0.39 is 0 Å². The first-order chi connectivity index (χ1) is 18.5. The minimum absolute atomic E-state index is 0.0310. The number of rotatable bonds is 6. The first kappa shape index (κ1) is 24.4. The largest absolute Gasteiger partial charge is 0.497 e. The zero-order valence-corrected chi connectivity index (χ0v) is 21.6. The van der Waals surface area contributed by atoms with Crippen LogP contribution in [0.25, 0.3) is 33.1 Å². The summed E-state index contributed by atoms with van der Waals surface area (Å²) in [6.07, 6.45) is 5.69. The number of H-pyrrole nitrogens is 2. The van der Waals surface area contributed by atoms with Crippen molar-refractivity contribution in [2.24, 2.45) is 5.92 Å². The molecule has 0 bridgehead atoms. The molecule has 2 unspecified atom stereocenters. The van der Waals surface area contributed by atoms with Gasteiger partial charge in [0.25, 0.3) is 5.91 Å². The third-order valence-corrected chi connectivity index (χ3v) is 7.53. The molecule has 0 saturated carbocycles. The zero-order valence-electron chi connectivity index (χ0n) is 21.6. The number of aromatic nitrogens is 4. The van der Waals surface area contributed by atoms with Crippen LogP contribution in [-0.4, -0.2) is 64.0 Å². The summed E-state index contributed by atoms with van der Waals surface area (Å²) in [7, 11) is 1.59. The molecule has 6 rings (SSSR count). The average Bonchev–Trinajstić information content (AvgIpc) is 3.55. The lowest BCUT2D eigenvalue weighted by Gasteiger charge is -2.37. The van der Waals surface area contributed by atoms with Crippen LogP contribution in [0.3, 0.4) is 0 Å². The Morgan fingerprint density at radius 2 is 2.05 bits per heavy atom. The Labute approximate surface area is 219 Å². The predicted molar refractivity (Wildman–Crippen MR) is 145 cm³/mol. The fraction of sp³-hybridized carbons (Fsp3) is 0.345. The molecule has 4 aromatic rings. The van der Waals surface area contributed by atoms with Gasteiger partial charge in [0.05, 0.1) is 30.0 Å². The molecular formula is C29H31FN6O2. The molecule has 38 heavy (non-hydrogen) atoms. The number of halogens is 1. The van der Waals surface area contributed by atoms with Gasteiger partial charge in [-0.3, -0.25) is 19.9 Å². The fourth-order valence-electron chi connectivity index (χ4n) is 5.76. The quantitative estimate of drug-likeness (QED) is 0.333. The highest BCUT2D eigenvalue weighted by Gasteiger charge is 2.29. The fourth-order valence-corrected chi connectivity index (χ4v) is 5.76. The Balaban J connectivity index is 1.19. The van der Waals surface area contributed by atoms with Crippen molar-refractivity contribution in [2.75, 3.05) is 26.7 Å². The molecule has 1 aliphatic carbocycles. The van der Waals surface area contributed by atoms with Gasteiger partial charge in [0.1, 0.15) is 11.6 Å². The maximum Gasteiger partial charge on any atom is 0.251 e. The number of allylic oxidation sites excluding steroid dienone is 2. The number of nitrogens with zero attached hydrogens (tertiary/aromatic N) is 3. The summed E-state index contributed by atoms with van der Waals surface area (Å²) in [6.45, 7) is 4.16. The van der Waals surface area contributed by atoms with E-state index in [9.17, 15) is 9.18 Å². The van der Waals surface area contributed by atoms with Crippen LogP contribution < -0.4 is 5.32 Å². The second-order valence-corrected chi connectivity index (χ2v) is 10.4. The first-order valence-corrected chi connectivity index (χ1v) is 13.1. The van der Waals surface area contributed by atoms with Crippen LogP contribution in [0, 0.1) is 5.92 Å². The van der Waals surface area contributed by atoms with Gasteiger partial charge < -0.3 is 10.1 Å². The molecule has 0 radical (unpaired) electrons. The van der Waals surface area contributed by atoms with Crippen molar-refractivity contribution < 1.29 is 13.9 Å². The summed E-state index contributed by atoms with van der Waals surface area (Å²) in [4.78, 5) is 15.6. The van der Waals surface area contributed by atoms with Gasteiger partial charge in [0.2, 0.25) is 0 Å². The van der Waals surface area contributed by atoms with Gasteiger partial charge in [0, 0.05) is 59.6 Å². The van der Waals surface area contributed by atoms with E-state index in [4.69, 9.17) is 4.74 Å². The topological polar surface area (TPSA) is 98.9 Å². The van der Waals surface area contributed by atoms with Crippen molar-refractivity contribution in [2.45, 2.75) is 32.2 Å². The van der Waals surface area contributed by atoms with E-state index in [2.05, 4.69) is 37.5 Å². The Kier molecular flexibility index (Phi) is 6.45. The minimum atomic E-state index is -0.121. The Morgan fingerprint density at radius 1 is 1.18 bits per heavy atom. The molecule has 3 N–H and O–H groups in total. The molecular weight excluding hydrogens is 483 g/mol. The van der Waals surface area contributed by atoms with E-state index in [0.29, 0.717) is 48.7 Å². The number of likely N-dealkylation sites (tertiary alicyclic amines) is 1. The van der Waals surface area contributed by atoms with Gasteiger partial charge in [-0.05, 0) is 55.2 Å². The van der Waals surface area contributed by atoms with Crippen LogP contribution in [-0.2, 0) is 4.74 Å². The van der Waals surface area contributed by atoms with E-state index in [1.165, 1.54) is 0 Å². The van der Waals surface area contributed by atoms with E-state index >= 15 is 0 Å². The highest BCUT2D eigenvalue weighted by molar-refractivity contribution is 6.02. The Morgan fingerprint density at radius 3 is 2.92 bits per heavy atom. The average molecular weight is 515 g/mol. The lowest BCUT2D eigenvalue weighted by molar-refractivity contribution is 0.0882. The molecule has 1 aliphatic heterocycles. The number of aromatic amines is 2. The summed E-state index contributed by atoms with van der Waals surface area (Å²) in [5.74, 6) is 0.781. The molecule has 8 nitrogen and oxygen atoms in total. The van der Waals surface area contributed by atoms with E-state index in [-0.39, 0.29) is 17.8 Å². The van der Waals surface area contributed by atoms with Gasteiger partial charge in [-0.2, -0.15) is 10.2 Å². The number of carbonyl (C=O) groups is 1.